The Labute approximate surface area is 299 Å². The van der Waals surface area contributed by atoms with Gasteiger partial charge in [0, 0.05) is 20.1 Å². The topological polar surface area (TPSA) is 101 Å². The molecule has 0 N–H and O–H groups in total. The number of aromatic nitrogens is 4. The first-order chi connectivity index (χ1) is 25.3. The van der Waals surface area contributed by atoms with Gasteiger partial charge in [-0.05, 0) is 58.2 Å². The Morgan fingerprint density at radius 2 is 1.55 bits per heavy atom. The second-order valence-corrected chi connectivity index (χ2v) is 12.9. The molecular formula is C36H36F7N5O5. The summed E-state index contributed by atoms with van der Waals surface area (Å²) in [7, 11) is 1.52. The number of ether oxygens (including phenoxy) is 4. The minimum atomic E-state index is -5.06. The summed E-state index contributed by atoms with van der Waals surface area (Å²) >= 11 is 0. The quantitative estimate of drug-likeness (QED) is 0.0803. The third kappa shape index (κ3) is 8.07. The van der Waals surface area contributed by atoms with Crippen LogP contribution >= 0.6 is 0 Å². The van der Waals surface area contributed by atoms with Crippen LogP contribution in [0, 0.1) is 0 Å². The van der Waals surface area contributed by atoms with E-state index in [0.717, 1.165) is 5.56 Å². The zero-order valence-electron chi connectivity index (χ0n) is 28.4. The molecule has 17 heteroatoms. The Balaban J connectivity index is 1.29. The molecule has 2 saturated heterocycles. The number of nitrogens with zero attached hydrogens (tertiary/aromatic N) is 5. The van der Waals surface area contributed by atoms with Crippen LogP contribution in [0.25, 0.3) is 0 Å². The Bertz CT molecular complexity index is 1810. The number of methoxy groups -OCH3 is 1. The number of alkyl halides is 7. The summed E-state index contributed by atoms with van der Waals surface area (Å²) in [6.45, 7) is -0.912. The number of piperidine rings is 1. The molecule has 3 aromatic carbocycles. The standard InChI is InChI=1S/C36H36F7N5O5/c1-50-14-15-51-23-48-32(44-45-46-48)33(37)22-34(26-10-6-3-7-11-26)30(13-12-29(33)47(34)19-24-8-4-2-5-9-24)52-21-31(49)53-20-25-16-27(35(38,39)40)18-28(17-25)36(41,42)43/h2-11,16-18,29-30H,12-15,19-23H2,1H3. The largest absolute Gasteiger partial charge is 0.459 e. The van der Waals surface area contributed by atoms with Gasteiger partial charge < -0.3 is 18.9 Å². The highest BCUT2D eigenvalue weighted by molar-refractivity contribution is 5.70. The van der Waals surface area contributed by atoms with Crippen LogP contribution in [0.5, 0.6) is 0 Å². The van der Waals surface area contributed by atoms with Crippen LogP contribution < -0.4 is 0 Å². The molecule has 6 rings (SSSR count). The van der Waals surface area contributed by atoms with Gasteiger partial charge in [-0.2, -0.15) is 26.3 Å². The molecule has 10 nitrogen and oxygen atoms in total. The molecule has 1 aromatic heterocycles. The van der Waals surface area contributed by atoms with Crippen LogP contribution in [0.15, 0.2) is 78.9 Å². The number of benzene rings is 3. The van der Waals surface area contributed by atoms with Crippen molar-refractivity contribution < 1.29 is 54.5 Å². The van der Waals surface area contributed by atoms with E-state index < -0.39 is 71.6 Å². The third-order valence-corrected chi connectivity index (χ3v) is 9.65. The van der Waals surface area contributed by atoms with Crippen molar-refractivity contribution in [3.8, 4) is 0 Å². The van der Waals surface area contributed by atoms with Crippen molar-refractivity contribution in [1.29, 1.82) is 0 Å². The molecule has 0 saturated carbocycles. The van der Waals surface area contributed by atoms with E-state index in [1.165, 1.54) is 11.8 Å². The number of rotatable bonds is 14. The SMILES string of the molecule is COCCOCn1nnnc1C1(F)CC2(c3ccccc3)C(OCC(=O)OCc3cc(C(F)(F)F)cc(C(F)(F)F)c3)CCC1N2Cc1ccccc1. The molecule has 4 aromatic rings. The molecule has 0 spiro atoms. The molecule has 4 atom stereocenters. The fourth-order valence-corrected chi connectivity index (χ4v) is 7.39. The first-order valence-corrected chi connectivity index (χ1v) is 16.7. The molecule has 0 aliphatic carbocycles. The fraction of sp³-hybridized carbons (Fsp3) is 0.444. The first kappa shape index (κ1) is 38.3. The van der Waals surface area contributed by atoms with Gasteiger partial charge in [0.15, 0.2) is 11.5 Å². The fourth-order valence-electron chi connectivity index (χ4n) is 7.39. The van der Waals surface area contributed by atoms with E-state index in [9.17, 15) is 31.1 Å². The summed E-state index contributed by atoms with van der Waals surface area (Å²) in [4.78, 5) is 15.0. The molecular weight excluding hydrogens is 715 g/mol. The highest BCUT2D eigenvalue weighted by atomic mass is 19.4. The summed E-state index contributed by atoms with van der Waals surface area (Å²) < 4.78 is 122. The van der Waals surface area contributed by atoms with Crippen molar-refractivity contribution in [2.24, 2.45) is 0 Å². The van der Waals surface area contributed by atoms with Crippen molar-refractivity contribution in [2.45, 2.75) is 74.9 Å². The average Bonchev–Trinajstić information content (AvgIpc) is 3.67. The summed E-state index contributed by atoms with van der Waals surface area (Å²) in [5.41, 5.74) is -5.33. The minimum absolute atomic E-state index is 0.00546. The number of hydrogen-bond donors (Lipinski definition) is 0. The Hall–Kier alpha value is -4.45. The molecule has 284 valence electrons. The van der Waals surface area contributed by atoms with Crippen LogP contribution in [0.2, 0.25) is 0 Å². The second-order valence-electron chi connectivity index (χ2n) is 12.9. The van der Waals surface area contributed by atoms with Gasteiger partial charge in [0.05, 0.1) is 42.0 Å². The second kappa shape index (κ2) is 15.5. The van der Waals surface area contributed by atoms with Gasteiger partial charge in [-0.3, -0.25) is 4.90 Å². The number of hydrogen-bond acceptors (Lipinski definition) is 9. The monoisotopic (exact) mass is 751 g/mol. The highest BCUT2D eigenvalue weighted by Gasteiger charge is 2.68. The molecule has 4 unspecified atom stereocenters. The molecule has 53 heavy (non-hydrogen) atoms. The first-order valence-electron chi connectivity index (χ1n) is 16.7. The van der Waals surface area contributed by atoms with Crippen molar-refractivity contribution >= 4 is 5.97 Å². The van der Waals surface area contributed by atoms with E-state index in [-0.39, 0.29) is 51.0 Å². The summed E-state index contributed by atoms with van der Waals surface area (Å²) in [6.07, 6.45) is -10.6. The Kier molecular flexibility index (Phi) is 11.2. The molecule has 2 fully saturated rings. The summed E-state index contributed by atoms with van der Waals surface area (Å²) in [5.74, 6) is -1.08. The predicted octanol–water partition coefficient (Wildman–Crippen LogP) is 6.59. The van der Waals surface area contributed by atoms with Gasteiger partial charge >= 0.3 is 18.3 Å². The van der Waals surface area contributed by atoms with E-state index >= 15 is 4.39 Å². The Morgan fingerprint density at radius 1 is 0.887 bits per heavy atom. The molecule has 3 heterocycles. The lowest BCUT2D eigenvalue weighted by molar-refractivity contribution is -0.160. The summed E-state index contributed by atoms with van der Waals surface area (Å²) in [6, 6.07) is 18.7. The van der Waals surface area contributed by atoms with Crippen LogP contribution in [0.4, 0.5) is 30.7 Å². The van der Waals surface area contributed by atoms with Crippen LogP contribution in [-0.2, 0) is 67.2 Å². The molecule has 2 aliphatic rings. The zero-order chi connectivity index (χ0) is 37.9. The number of tetrazole rings is 1. The smallest absolute Gasteiger partial charge is 0.416 e. The van der Waals surface area contributed by atoms with Gasteiger partial charge in [-0.25, -0.2) is 13.9 Å². The minimum Gasteiger partial charge on any atom is -0.459 e. The van der Waals surface area contributed by atoms with Crippen LogP contribution in [-0.4, -0.2) is 70.2 Å². The number of fused-ring (bicyclic) bond motifs is 2. The lowest BCUT2D eigenvalue weighted by Crippen LogP contribution is -2.57. The van der Waals surface area contributed by atoms with Gasteiger partial charge in [0.25, 0.3) is 0 Å². The van der Waals surface area contributed by atoms with E-state index in [0.29, 0.717) is 24.3 Å². The lowest BCUT2D eigenvalue weighted by Gasteiger charge is -2.49. The van der Waals surface area contributed by atoms with E-state index in [1.807, 2.05) is 53.4 Å². The van der Waals surface area contributed by atoms with Crippen molar-refractivity contribution in [3.05, 3.63) is 113 Å². The average molecular weight is 752 g/mol. The molecule has 2 bridgehead atoms. The van der Waals surface area contributed by atoms with Crippen molar-refractivity contribution in [2.75, 3.05) is 26.9 Å². The zero-order valence-corrected chi connectivity index (χ0v) is 28.4. The molecule has 2 aliphatic heterocycles. The van der Waals surface area contributed by atoms with E-state index in [4.69, 9.17) is 18.9 Å². The van der Waals surface area contributed by atoms with Crippen LogP contribution in [0.1, 0.15) is 52.9 Å². The number of carbonyl (C=O) groups excluding carboxylic acids is 1. The third-order valence-electron chi connectivity index (χ3n) is 9.65. The van der Waals surface area contributed by atoms with Crippen molar-refractivity contribution in [1.82, 2.24) is 25.1 Å². The molecule has 0 radical (unpaired) electrons. The predicted molar refractivity (Wildman–Crippen MR) is 172 cm³/mol. The Morgan fingerprint density at radius 3 is 2.19 bits per heavy atom. The molecule has 0 amide bonds. The number of halogens is 7. The van der Waals surface area contributed by atoms with Gasteiger partial charge in [-0.15, -0.1) is 5.10 Å². The maximum atomic E-state index is 18.1. The summed E-state index contributed by atoms with van der Waals surface area (Å²) in [5, 5.41) is 11.9. The van der Waals surface area contributed by atoms with E-state index in [1.54, 1.807) is 12.1 Å². The number of carbonyl (C=O) groups is 1. The highest BCUT2D eigenvalue weighted by Crippen LogP contribution is 2.60. The lowest BCUT2D eigenvalue weighted by atomic mass is 9.78. The van der Waals surface area contributed by atoms with Crippen molar-refractivity contribution in [3.63, 3.8) is 0 Å². The van der Waals surface area contributed by atoms with E-state index in [2.05, 4.69) is 15.5 Å². The van der Waals surface area contributed by atoms with Gasteiger partial charge in [-0.1, -0.05) is 60.7 Å². The van der Waals surface area contributed by atoms with Gasteiger partial charge in [0.2, 0.25) is 0 Å². The van der Waals surface area contributed by atoms with Gasteiger partial charge in [0.1, 0.15) is 19.9 Å². The van der Waals surface area contributed by atoms with Crippen LogP contribution in [0.3, 0.4) is 0 Å². The maximum absolute atomic E-state index is 18.1. The normalized spacial score (nSPS) is 23.3. The maximum Gasteiger partial charge on any atom is 0.416 e. The number of esters is 1.